The monoisotopic (exact) mass is 557 g/mol. The van der Waals surface area contributed by atoms with Crippen LogP contribution in [0.3, 0.4) is 0 Å². The number of morpholine rings is 1. The molecular formula is C30H28FN5O5. The van der Waals surface area contributed by atoms with E-state index in [9.17, 15) is 24.0 Å². The summed E-state index contributed by atoms with van der Waals surface area (Å²) in [4.78, 5) is 46.3. The van der Waals surface area contributed by atoms with Crippen molar-refractivity contribution in [3.05, 3.63) is 76.7 Å². The molecule has 3 heterocycles. The van der Waals surface area contributed by atoms with Crippen molar-refractivity contribution in [1.29, 1.82) is 5.26 Å². The number of nitrogens with zero attached hydrogens (tertiary/aromatic N) is 4. The fourth-order valence-electron chi connectivity index (χ4n) is 4.68. The second-order valence-corrected chi connectivity index (χ2v) is 10.6. The molecule has 41 heavy (non-hydrogen) atoms. The maximum atomic E-state index is 15.0. The highest BCUT2D eigenvalue weighted by Gasteiger charge is 2.38. The summed E-state index contributed by atoms with van der Waals surface area (Å²) in [5.41, 5.74) is 1.00. The number of imide groups is 1. The molecule has 3 aromatic rings. The fourth-order valence-corrected chi connectivity index (χ4v) is 4.68. The van der Waals surface area contributed by atoms with Crippen LogP contribution in [0.25, 0.3) is 11.3 Å². The second-order valence-electron chi connectivity index (χ2n) is 10.6. The highest BCUT2D eigenvalue weighted by molar-refractivity contribution is 6.10. The number of nitrogens with one attached hydrogen (secondary N) is 1. The van der Waals surface area contributed by atoms with Crippen molar-refractivity contribution < 1.29 is 28.2 Å². The van der Waals surface area contributed by atoms with Crippen molar-refractivity contribution in [2.24, 2.45) is 0 Å². The molecule has 5 rings (SSSR count). The van der Waals surface area contributed by atoms with Crippen LogP contribution in [0.4, 0.5) is 20.6 Å². The Kier molecular flexibility index (Phi) is 7.43. The van der Waals surface area contributed by atoms with E-state index in [0.717, 1.165) is 4.90 Å². The molecule has 2 aliphatic rings. The van der Waals surface area contributed by atoms with E-state index in [2.05, 4.69) is 10.3 Å². The molecule has 2 aromatic carbocycles. The van der Waals surface area contributed by atoms with E-state index in [4.69, 9.17) is 9.47 Å². The van der Waals surface area contributed by atoms with Crippen molar-refractivity contribution in [1.82, 2.24) is 14.8 Å². The lowest BCUT2D eigenvalue weighted by Gasteiger charge is -2.26. The molecule has 1 saturated heterocycles. The third-order valence-corrected chi connectivity index (χ3v) is 6.57. The number of rotatable bonds is 4. The van der Waals surface area contributed by atoms with Crippen LogP contribution in [0.5, 0.6) is 0 Å². The van der Waals surface area contributed by atoms with E-state index in [0.29, 0.717) is 37.6 Å². The van der Waals surface area contributed by atoms with Crippen molar-refractivity contribution in [2.75, 3.05) is 31.6 Å². The first-order valence-corrected chi connectivity index (χ1v) is 13.1. The number of fused-ring (bicyclic) bond motifs is 1. The van der Waals surface area contributed by atoms with Gasteiger partial charge in [0.15, 0.2) is 0 Å². The minimum absolute atomic E-state index is 0.0181. The molecule has 0 bridgehead atoms. The lowest BCUT2D eigenvalue weighted by molar-refractivity contribution is 0.0246. The van der Waals surface area contributed by atoms with E-state index in [1.54, 1.807) is 49.9 Å². The van der Waals surface area contributed by atoms with Crippen molar-refractivity contribution in [3.8, 4) is 17.3 Å². The minimum atomic E-state index is -0.832. The molecule has 1 aromatic heterocycles. The van der Waals surface area contributed by atoms with Gasteiger partial charge in [0.25, 0.3) is 11.8 Å². The van der Waals surface area contributed by atoms with Gasteiger partial charge in [0.2, 0.25) is 0 Å². The number of pyridine rings is 1. The van der Waals surface area contributed by atoms with E-state index in [-0.39, 0.29) is 46.2 Å². The van der Waals surface area contributed by atoms with Gasteiger partial charge in [-0.05, 0) is 63.2 Å². The smallest absolute Gasteiger partial charge is 0.417 e. The summed E-state index contributed by atoms with van der Waals surface area (Å²) in [7, 11) is 0. The summed E-state index contributed by atoms with van der Waals surface area (Å²) in [6.45, 7) is 6.90. The van der Waals surface area contributed by atoms with E-state index in [1.165, 1.54) is 24.3 Å². The molecule has 2 aliphatic heterocycles. The van der Waals surface area contributed by atoms with Crippen LogP contribution in [0.1, 0.15) is 52.7 Å². The van der Waals surface area contributed by atoms with E-state index < -0.39 is 23.4 Å². The Bertz CT molecular complexity index is 1570. The number of hydrogen-bond acceptors (Lipinski definition) is 8. The van der Waals surface area contributed by atoms with Crippen molar-refractivity contribution >= 4 is 29.3 Å². The van der Waals surface area contributed by atoms with Gasteiger partial charge in [0, 0.05) is 24.3 Å². The number of amides is 3. The Balaban J connectivity index is 1.52. The maximum Gasteiger partial charge on any atom is 0.417 e. The molecule has 3 amide bonds. The predicted molar refractivity (Wildman–Crippen MR) is 147 cm³/mol. The molecule has 0 radical (unpaired) electrons. The molecule has 0 spiro atoms. The third kappa shape index (κ3) is 5.73. The predicted octanol–water partition coefficient (Wildman–Crippen LogP) is 4.87. The molecule has 0 aliphatic carbocycles. The number of benzene rings is 2. The SMILES string of the molecule is CC(C)(C)OC(=O)N1Cc2nc(-c3c(F)cccc3C#N)cc(Nc3ccc(C(=O)N4CCOCC4)cc3)c2C1=O. The number of carbonyl (C=O) groups excluding carboxylic acids is 3. The lowest BCUT2D eigenvalue weighted by Crippen LogP contribution is -2.40. The zero-order valence-corrected chi connectivity index (χ0v) is 22.9. The van der Waals surface area contributed by atoms with Gasteiger partial charge >= 0.3 is 6.09 Å². The molecular weight excluding hydrogens is 529 g/mol. The minimum Gasteiger partial charge on any atom is -0.443 e. The van der Waals surface area contributed by atoms with Gasteiger partial charge in [-0.1, -0.05) is 6.07 Å². The fraction of sp³-hybridized carbons (Fsp3) is 0.300. The van der Waals surface area contributed by atoms with E-state index >= 15 is 0 Å². The molecule has 0 atom stereocenters. The number of ether oxygens (including phenoxy) is 2. The van der Waals surface area contributed by atoms with Crippen LogP contribution in [0.2, 0.25) is 0 Å². The number of nitriles is 1. The van der Waals surface area contributed by atoms with Gasteiger partial charge in [-0.2, -0.15) is 5.26 Å². The van der Waals surface area contributed by atoms with Gasteiger partial charge in [-0.3, -0.25) is 9.59 Å². The summed E-state index contributed by atoms with van der Waals surface area (Å²) in [5, 5.41) is 12.8. The highest BCUT2D eigenvalue weighted by atomic mass is 19.1. The van der Waals surface area contributed by atoms with Crippen LogP contribution < -0.4 is 5.32 Å². The molecule has 1 N–H and O–H groups in total. The maximum absolute atomic E-state index is 15.0. The van der Waals surface area contributed by atoms with Gasteiger partial charge in [-0.15, -0.1) is 0 Å². The molecule has 0 unspecified atom stereocenters. The number of anilines is 2. The quantitative estimate of drug-likeness (QED) is 0.482. The molecule has 10 nitrogen and oxygen atoms in total. The Morgan fingerprint density at radius 3 is 2.46 bits per heavy atom. The second kappa shape index (κ2) is 11.0. The van der Waals surface area contributed by atoms with Crippen LogP contribution in [-0.2, 0) is 16.0 Å². The van der Waals surface area contributed by atoms with E-state index in [1.807, 2.05) is 6.07 Å². The molecule has 210 valence electrons. The van der Waals surface area contributed by atoms with Crippen LogP contribution in [0, 0.1) is 17.1 Å². The summed E-state index contributed by atoms with van der Waals surface area (Å²) < 4.78 is 25.7. The first-order valence-electron chi connectivity index (χ1n) is 13.1. The first-order chi connectivity index (χ1) is 19.6. The molecule has 0 saturated carbocycles. The average molecular weight is 558 g/mol. The Morgan fingerprint density at radius 1 is 1.10 bits per heavy atom. The first kappa shape index (κ1) is 27.7. The standard InChI is InChI=1S/C30H28FN5O5/c1-30(2,3)41-29(39)36-17-24-26(28(36)38)23(15-22(34-24)25-19(16-32)5-4-6-21(25)31)33-20-9-7-18(8-10-20)27(37)35-11-13-40-14-12-35/h4-10,15H,11-14,17H2,1-3H3,(H,33,34). The van der Waals surface area contributed by atoms with Gasteiger partial charge < -0.3 is 19.7 Å². The average Bonchev–Trinajstić information content (AvgIpc) is 3.29. The largest absolute Gasteiger partial charge is 0.443 e. The summed E-state index contributed by atoms with van der Waals surface area (Å²) in [6.07, 6.45) is -0.831. The Morgan fingerprint density at radius 2 is 1.80 bits per heavy atom. The summed E-state index contributed by atoms with van der Waals surface area (Å²) >= 11 is 0. The zero-order valence-electron chi connectivity index (χ0n) is 22.9. The normalized spacial score (nSPS) is 14.9. The highest BCUT2D eigenvalue weighted by Crippen LogP contribution is 2.36. The zero-order chi connectivity index (χ0) is 29.3. The Labute approximate surface area is 236 Å². The topological polar surface area (TPSA) is 125 Å². The van der Waals surface area contributed by atoms with Crippen LogP contribution in [-0.4, -0.2) is 64.6 Å². The lowest BCUT2D eigenvalue weighted by atomic mass is 10.0. The van der Waals surface area contributed by atoms with Crippen molar-refractivity contribution in [2.45, 2.75) is 32.9 Å². The van der Waals surface area contributed by atoms with Gasteiger partial charge in [0.05, 0.1) is 59.6 Å². The summed E-state index contributed by atoms with van der Waals surface area (Å²) in [5.74, 6) is -1.38. The number of hydrogen-bond donors (Lipinski definition) is 1. The molecule has 11 heteroatoms. The number of aromatic nitrogens is 1. The number of halogens is 1. The van der Waals surface area contributed by atoms with Gasteiger partial charge in [-0.25, -0.2) is 19.1 Å². The van der Waals surface area contributed by atoms with Gasteiger partial charge in [0.1, 0.15) is 11.4 Å². The molecule has 1 fully saturated rings. The Hall–Kier alpha value is -4.82. The number of carbonyl (C=O) groups is 3. The van der Waals surface area contributed by atoms with Crippen LogP contribution >= 0.6 is 0 Å². The van der Waals surface area contributed by atoms with Crippen LogP contribution in [0.15, 0.2) is 48.5 Å². The third-order valence-electron chi connectivity index (χ3n) is 6.57. The summed E-state index contributed by atoms with van der Waals surface area (Å²) in [6, 6.07) is 14.3. The van der Waals surface area contributed by atoms with Crippen molar-refractivity contribution in [3.63, 3.8) is 0 Å².